The average molecular weight is 577 g/mol. The zero-order valence-electron chi connectivity index (χ0n) is 25.2. The van der Waals surface area contributed by atoms with Crippen molar-refractivity contribution in [3.05, 3.63) is 163 Å². The lowest BCUT2D eigenvalue weighted by Gasteiger charge is -2.14. The fourth-order valence-electron chi connectivity index (χ4n) is 7.21. The summed E-state index contributed by atoms with van der Waals surface area (Å²) in [6.07, 6.45) is 8.07. The molecule has 45 heavy (non-hydrogen) atoms. The molecule has 2 aromatic heterocycles. The SMILES string of the molecule is CC1C=CC(c2cccc(-n3c4ccccc4c4cc5c(cc43)c3ccccc3n5-c3cccc(-c4ccccc4)c3)c2)=CC1. The Bertz CT molecular complexity index is 2470. The van der Waals surface area contributed by atoms with Crippen LogP contribution in [0.25, 0.3) is 71.7 Å². The van der Waals surface area contributed by atoms with Gasteiger partial charge in [-0.25, -0.2) is 0 Å². The van der Waals surface area contributed by atoms with Gasteiger partial charge in [-0.1, -0.05) is 116 Å². The van der Waals surface area contributed by atoms with E-state index in [4.69, 9.17) is 0 Å². The normalized spacial score (nSPS) is 15.0. The van der Waals surface area contributed by atoms with Crippen LogP contribution in [0.4, 0.5) is 0 Å². The van der Waals surface area contributed by atoms with Gasteiger partial charge in [-0.05, 0) is 83.1 Å². The van der Waals surface area contributed by atoms with Crippen LogP contribution in [0.5, 0.6) is 0 Å². The molecule has 1 atom stereocenters. The number of benzene rings is 6. The molecule has 0 amide bonds. The van der Waals surface area contributed by atoms with E-state index in [-0.39, 0.29) is 0 Å². The van der Waals surface area contributed by atoms with Crippen molar-refractivity contribution < 1.29 is 0 Å². The van der Waals surface area contributed by atoms with Crippen molar-refractivity contribution in [2.45, 2.75) is 13.3 Å². The van der Waals surface area contributed by atoms with Gasteiger partial charge in [0.2, 0.25) is 0 Å². The van der Waals surface area contributed by atoms with Crippen molar-refractivity contribution in [3.63, 3.8) is 0 Å². The summed E-state index contributed by atoms with van der Waals surface area (Å²) in [5, 5.41) is 5.05. The topological polar surface area (TPSA) is 9.86 Å². The Morgan fingerprint density at radius 2 is 1.00 bits per heavy atom. The summed E-state index contributed by atoms with van der Waals surface area (Å²) in [4.78, 5) is 0. The molecule has 2 heterocycles. The standard InChI is InChI=1S/C43H32N2/c1-29-21-23-31(24-22-29)33-14-10-16-35(26-33)45-41-20-8-6-18-37(41)39-27-42-38(28-43(39)45)36-17-5-7-19-40(36)44(42)34-15-9-13-32(25-34)30-11-3-2-4-12-30/h2-21,23-29H,22H2,1H3. The largest absolute Gasteiger partial charge is 0.309 e. The molecule has 0 aliphatic heterocycles. The minimum Gasteiger partial charge on any atom is -0.309 e. The summed E-state index contributed by atoms with van der Waals surface area (Å²) in [5.74, 6) is 0.597. The number of aromatic nitrogens is 2. The van der Waals surface area contributed by atoms with Gasteiger partial charge >= 0.3 is 0 Å². The summed E-state index contributed by atoms with van der Waals surface area (Å²) in [7, 11) is 0. The summed E-state index contributed by atoms with van der Waals surface area (Å²) >= 11 is 0. The van der Waals surface area contributed by atoms with Crippen molar-refractivity contribution in [2.75, 3.05) is 0 Å². The number of nitrogens with zero attached hydrogens (tertiary/aromatic N) is 2. The molecule has 0 radical (unpaired) electrons. The van der Waals surface area contributed by atoms with Crippen LogP contribution in [0, 0.1) is 5.92 Å². The van der Waals surface area contributed by atoms with Crippen molar-refractivity contribution in [3.8, 4) is 22.5 Å². The smallest absolute Gasteiger partial charge is 0.0548 e. The summed E-state index contributed by atoms with van der Waals surface area (Å²) in [6, 6.07) is 51.1. The lowest BCUT2D eigenvalue weighted by Crippen LogP contribution is -1.97. The maximum absolute atomic E-state index is 2.45. The highest BCUT2D eigenvalue weighted by Gasteiger charge is 2.19. The van der Waals surface area contributed by atoms with E-state index in [1.165, 1.54) is 77.2 Å². The number of allylic oxidation sites excluding steroid dienone is 4. The Kier molecular flexibility index (Phi) is 5.89. The van der Waals surface area contributed by atoms with Crippen molar-refractivity contribution >= 4 is 49.2 Å². The quantitative estimate of drug-likeness (QED) is 0.197. The van der Waals surface area contributed by atoms with Crippen LogP contribution >= 0.6 is 0 Å². The molecule has 8 aromatic rings. The van der Waals surface area contributed by atoms with Gasteiger partial charge in [0.1, 0.15) is 0 Å². The highest BCUT2D eigenvalue weighted by atomic mass is 15.0. The van der Waals surface area contributed by atoms with Gasteiger partial charge < -0.3 is 9.13 Å². The summed E-state index contributed by atoms with van der Waals surface area (Å²) < 4.78 is 4.89. The van der Waals surface area contributed by atoms with Crippen LogP contribution < -0.4 is 0 Å². The zero-order chi connectivity index (χ0) is 29.9. The van der Waals surface area contributed by atoms with E-state index >= 15 is 0 Å². The van der Waals surface area contributed by atoms with Crippen molar-refractivity contribution in [1.82, 2.24) is 9.13 Å². The molecule has 2 heteroatoms. The highest BCUT2D eigenvalue weighted by molar-refractivity contribution is 6.19. The Balaban J connectivity index is 1.31. The Labute approximate surface area is 262 Å². The average Bonchev–Trinajstić information content (AvgIpc) is 3.60. The fraction of sp³-hybridized carbons (Fsp3) is 0.0698. The third-order valence-electron chi connectivity index (χ3n) is 9.43. The van der Waals surface area contributed by atoms with Gasteiger partial charge in [-0.3, -0.25) is 0 Å². The minimum absolute atomic E-state index is 0.597. The Morgan fingerprint density at radius 1 is 0.467 bits per heavy atom. The molecule has 214 valence electrons. The maximum atomic E-state index is 2.45. The van der Waals surface area contributed by atoms with E-state index in [1.54, 1.807) is 0 Å². The first-order valence-electron chi connectivity index (χ1n) is 15.8. The van der Waals surface area contributed by atoms with Crippen LogP contribution in [0.1, 0.15) is 18.9 Å². The van der Waals surface area contributed by atoms with Crippen molar-refractivity contribution in [2.24, 2.45) is 5.92 Å². The predicted octanol–water partition coefficient (Wildman–Crippen LogP) is 11.5. The molecule has 2 nitrogen and oxygen atoms in total. The van der Waals surface area contributed by atoms with Gasteiger partial charge in [0, 0.05) is 32.9 Å². The second-order valence-electron chi connectivity index (χ2n) is 12.3. The van der Waals surface area contributed by atoms with Crippen LogP contribution in [0.15, 0.2) is 158 Å². The van der Waals surface area contributed by atoms with E-state index in [0.717, 1.165) is 6.42 Å². The fourth-order valence-corrected chi connectivity index (χ4v) is 7.21. The van der Waals surface area contributed by atoms with Gasteiger partial charge in [-0.2, -0.15) is 0 Å². The second-order valence-corrected chi connectivity index (χ2v) is 12.3. The van der Waals surface area contributed by atoms with Gasteiger partial charge in [0.05, 0.1) is 22.1 Å². The summed E-state index contributed by atoms with van der Waals surface area (Å²) in [5.41, 5.74) is 12.2. The molecule has 0 saturated heterocycles. The number of rotatable bonds is 4. The van der Waals surface area contributed by atoms with E-state index in [0.29, 0.717) is 5.92 Å². The first-order valence-corrected chi connectivity index (χ1v) is 15.8. The molecule has 0 fully saturated rings. The number of para-hydroxylation sites is 2. The van der Waals surface area contributed by atoms with E-state index in [1.807, 2.05) is 0 Å². The molecular weight excluding hydrogens is 544 g/mol. The van der Waals surface area contributed by atoms with Crippen LogP contribution in [0.3, 0.4) is 0 Å². The molecule has 6 aromatic carbocycles. The molecule has 9 rings (SSSR count). The number of hydrogen-bond acceptors (Lipinski definition) is 0. The van der Waals surface area contributed by atoms with Crippen LogP contribution in [-0.2, 0) is 0 Å². The highest BCUT2D eigenvalue weighted by Crippen LogP contribution is 2.40. The molecule has 1 aliphatic rings. The molecule has 0 spiro atoms. The molecule has 0 saturated carbocycles. The first-order chi connectivity index (χ1) is 22.2. The third kappa shape index (κ3) is 4.17. The Morgan fingerprint density at radius 3 is 1.60 bits per heavy atom. The Hall–Kier alpha value is -5.60. The van der Waals surface area contributed by atoms with E-state index in [9.17, 15) is 0 Å². The van der Waals surface area contributed by atoms with Crippen molar-refractivity contribution in [1.29, 1.82) is 0 Å². The number of hydrogen-bond donors (Lipinski definition) is 0. The van der Waals surface area contributed by atoms with Gasteiger partial charge in [0.15, 0.2) is 0 Å². The first kappa shape index (κ1) is 25.9. The molecule has 0 N–H and O–H groups in total. The van der Waals surface area contributed by atoms with Crippen LogP contribution in [0.2, 0.25) is 0 Å². The lowest BCUT2D eigenvalue weighted by atomic mass is 9.94. The molecular formula is C43H32N2. The predicted molar refractivity (Wildman–Crippen MR) is 191 cm³/mol. The second kappa shape index (κ2) is 10.2. The van der Waals surface area contributed by atoms with Gasteiger partial charge in [0.25, 0.3) is 0 Å². The third-order valence-corrected chi connectivity index (χ3v) is 9.43. The minimum atomic E-state index is 0.597. The summed E-state index contributed by atoms with van der Waals surface area (Å²) in [6.45, 7) is 2.27. The van der Waals surface area contributed by atoms with E-state index in [2.05, 4.69) is 174 Å². The molecule has 1 aliphatic carbocycles. The monoisotopic (exact) mass is 576 g/mol. The lowest BCUT2D eigenvalue weighted by molar-refractivity contribution is 0.739. The van der Waals surface area contributed by atoms with Crippen LogP contribution in [-0.4, -0.2) is 9.13 Å². The number of fused-ring (bicyclic) bond motifs is 6. The molecule has 0 bridgehead atoms. The maximum Gasteiger partial charge on any atom is 0.0548 e. The molecule has 1 unspecified atom stereocenters. The van der Waals surface area contributed by atoms with E-state index < -0.39 is 0 Å². The zero-order valence-corrected chi connectivity index (χ0v) is 25.2. The van der Waals surface area contributed by atoms with Gasteiger partial charge in [-0.15, -0.1) is 0 Å².